The van der Waals surface area contributed by atoms with E-state index in [4.69, 9.17) is 19.4 Å². The quantitative estimate of drug-likeness (QED) is 0.705. The molecule has 0 amide bonds. The third kappa shape index (κ3) is 6.89. The standard InChI is InChI=1S/C18H25N5O2.C2HF3O2/c1-22-11-16(9-21-22)12-23-13-18(14-23)8-15(3-7-25-18)2-6-24-17-10-19-4-5-20-17;3-2(4,5)1(6)7/h4-5,9-11,15H,2-3,6-8,12-14H2,1H3;(H,6,7). The van der Waals surface area contributed by atoms with E-state index in [0.29, 0.717) is 18.4 Å². The van der Waals surface area contributed by atoms with E-state index in [1.165, 1.54) is 5.56 Å². The maximum atomic E-state index is 10.6. The summed E-state index contributed by atoms with van der Waals surface area (Å²) in [7, 11) is 1.96. The lowest BCUT2D eigenvalue weighted by Crippen LogP contribution is -2.64. The van der Waals surface area contributed by atoms with Gasteiger partial charge in [0.05, 0.1) is 24.6 Å². The number of hydrogen-bond donors (Lipinski definition) is 1. The minimum atomic E-state index is -5.08. The fraction of sp³-hybridized carbons (Fsp3) is 0.600. The highest BCUT2D eigenvalue weighted by Gasteiger charge is 2.47. The lowest BCUT2D eigenvalue weighted by molar-refractivity contribution is -0.192. The number of carboxylic acids is 1. The Bertz CT molecular complexity index is 872. The van der Waals surface area contributed by atoms with Crippen molar-refractivity contribution in [3.63, 3.8) is 0 Å². The average molecular weight is 457 g/mol. The lowest BCUT2D eigenvalue weighted by atomic mass is 9.79. The van der Waals surface area contributed by atoms with Crippen molar-refractivity contribution in [2.24, 2.45) is 13.0 Å². The normalized spacial score (nSPS) is 20.2. The van der Waals surface area contributed by atoms with Gasteiger partial charge in [0.2, 0.25) is 5.88 Å². The van der Waals surface area contributed by atoms with Crippen molar-refractivity contribution in [1.29, 1.82) is 0 Å². The molecule has 176 valence electrons. The topological polar surface area (TPSA) is 103 Å². The molecule has 0 radical (unpaired) electrons. The Kier molecular flexibility index (Phi) is 7.67. The van der Waals surface area contributed by atoms with Gasteiger partial charge in [-0.25, -0.2) is 9.78 Å². The van der Waals surface area contributed by atoms with Crippen LogP contribution in [0.4, 0.5) is 13.2 Å². The van der Waals surface area contributed by atoms with Crippen molar-refractivity contribution in [2.45, 2.75) is 37.6 Å². The van der Waals surface area contributed by atoms with E-state index in [-0.39, 0.29) is 5.60 Å². The molecule has 1 atom stereocenters. The molecule has 1 spiro atoms. The van der Waals surface area contributed by atoms with Crippen LogP contribution >= 0.6 is 0 Å². The molecule has 9 nitrogen and oxygen atoms in total. The second kappa shape index (κ2) is 10.3. The Labute approximate surface area is 183 Å². The van der Waals surface area contributed by atoms with E-state index in [1.54, 1.807) is 18.6 Å². The Hall–Kier alpha value is -2.73. The van der Waals surface area contributed by atoms with Gasteiger partial charge in [-0.1, -0.05) is 0 Å². The Morgan fingerprint density at radius 3 is 2.69 bits per heavy atom. The molecule has 0 aromatic carbocycles. The molecule has 0 saturated carbocycles. The number of carboxylic acid groups (broad SMARTS) is 1. The molecule has 0 bridgehead atoms. The van der Waals surface area contributed by atoms with Crippen LogP contribution in [0, 0.1) is 5.92 Å². The molecule has 2 aliphatic heterocycles. The number of ether oxygens (including phenoxy) is 2. The molecule has 4 rings (SSSR count). The summed E-state index contributed by atoms with van der Waals surface area (Å²) in [4.78, 5) is 19.5. The van der Waals surface area contributed by atoms with Crippen molar-refractivity contribution < 1.29 is 32.5 Å². The summed E-state index contributed by atoms with van der Waals surface area (Å²) in [5.74, 6) is -1.49. The third-order valence-corrected chi connectivity index (χ3v) is 5.34. The number of rotatable bonds is 6. The van der Waals surface area contributed by atoms with Gasteiger partial charge in [-0.05, 0) is 25.2 Å². The largest absolute Gasteiger partial charge is 0.490 e. The molecule has 2 fully saturated rings. The minimum Gasteiger partial charge on any atom is -0.477 e. The number of aliphatic carboxylic acids is 1. The molecule has 0 aliphatic carbocycles. The Balaban J connectivity index is 0.000000360. The summed E-state index contributed by atoms with van der Waals surface area (Å²) >= 11 is 0. The van der Waals surface area contributed by atoms with Crippen LogP contribution < -0.4 is 4.74 Å². The number of carbonyl (C=O) groups is 1. The molecule has 2 aliphatic rings. The van der Waals surface area contributed by atoms with Gasteiger partial charge < -0.3 is 14.6 Å². The van der Waals surface area contributed by atoms with Gasteiger partial charge in [0, 0.05) is 57.4 Å². The number of nitrogens with zero attached hydrogens (tertiary/aromatic N) is 5. The van der Waals surface area contributed by atoms with Gasteiger partial charge in [-0.2, -0.15) is 18.3 Å². The number of halogens is 3. The second-order valence-corrected chi connectivity index (χ2v) is 8.04. The van der Waals surface area contributed by atoms with Gasteiger partial charge in [0.1, 0.15) is 0 Å². The highest BCUT2D eigenvalue weighted by atomic mass is 19.4. The van der Waals surface area contributed by atoms with Crippen LogP contribution in [0.15, 0.2) is 31.0 Å². The van der Waals surface area contributed by atoms with E-state index in [0.717, 1.165) is 45.5 Å². The van der Waals surface area contributed by atoms with Crippen LogP contribution in [-0.2, 0) is 23.1 Å². The molecule has 4 heterocycles. The van der Waals surface area contributed by atoms with E-state index in [1.807, 2.05) is 17.9 Å². The summed E-state index contributed by atoms with van der Waals surface area (Å²) < 4.78 is 45.4. The van der Waals surface area contributed by atoms with E-state index >= 15 is 0 Å². The molecule has 12 heteroatoms. The summed E-state index contributed by atoms with van der Waals surface area (Å²) in [5.41, 5.74) is 1.32. The summed E-state index contributed by atoms with van der Waals surface area (Å²) in [5, 5.41) is 11.4. The van der Waals surface area contributed by atoms with Crippen LogP contribution in [0.5, 0.6) is 5.88 Å². The van der Waals surface area contributed by atoms with Crippen LogP contribution in [-0.4, -0.2) is 73.8 Å². The predicted octanol–water partition coefficient (Wildman–Crippen LogP) is 2.29. The van der Waals surface area contributed by atoms with E-state index < -0.39 is 12.1 Å². The monoisotopic (exact) mass is 457 g/mol. The molecule has 2 saturated heterocycles. The van der Waals surface area contributed by atoms with Gasteiger partial charge in [-0.3, -0.25) is 14.6 Å². The van der Waals surface area contributed by atoms with Crippen molar-refractivity contribution in [1.82, 2.24) is 24.6 Å². The number of aryl methyl sites for hydroxylation is 1. The Morgan fingerprint density at radius 2 is 2.09 bits per heavy atom. The number of likely N-dealkylation sites (tertiary alicyclic amines) is 1. The first-order valence-corrected chi connectivity index (χ1v) is 10.2. The zero-order valence-corrected chi connectivity index (χ0v) is 17.7. The molecule has 32 heavy (non-hydrogen) atoms. The minimum absolute atomic E-state index is 0.0533. The molecular weight excluding hydrogens is 431 g/mol. The van der Waals surface area contributed by atoms with Crippen LogP contribution in [0.25, 0.3) is 0 Å². The van der Waals surface area contributed by atoms with Crippen molar-refractivity contribution in [3.05, 3.63) is 36.5 Å². The van der Waals surface area contributed by atoms with Crippen molar-refractivity contribution in [3.8, 4) is 5.88 Å². The summed E-state index contributed by atoms with van der Waals surface area (Å²) in [6.45, 7) is 4.54. The molecule has 2 aromatic rings. The highest BCUT2D eigenvalue weighted by Crippen LogP contribution is 2.38. The van der Waals surface area contributed by atoms with E-state index in [2.05, 4.69) is 26.2 Å². The van der Waals surface area contributed by atoms with E-state index in [9.17, 15) is 13.2 Å². The van der Waals surface area contributed by atoms with Crippen LogP contribution in [0.2, 0.25) is 0 Å². The summed E-state index contributed by atoms with van der Waals surface area (Å²) in [6.07, 6.45) is 7.21. The number of hydrogen-bond acceptors (Lipinski definition) is 7. The maximum Gasteiger partial charge on any atom is 0.490 e. The molecule has 2 aromatic heterocycles. The smallest absolute Gasteiger partial charge is 0.477 e. The molecular formula is C20H26F3N5O4. The SMILES string of the molecule is Cn1cc(CN2CC3(CC(CCOc4cnccn4)CCO3)C2)cn1.O=C(O)C(F)(F)F. The van der Waals surface area contributed by atoms with Crippen LogP contribution in [0.1, 0.15) is 24.8 Å². The highest BCUT2D eigenvalue weighted by molar-refractivity contribution is 5.73. The maximum absolute atomic E-state index is 10.6. The lowest BCUT2D eigenvalue weighted by Gasteiger charge is -2.53. The molecule has 1 N–H and O–H groups in total. The fourth-order valence-electron chi connectivity index (χ4n) is 3.98. The summed E-state index contributed by atoms with van der Waals surface area (Å²) in [6, 6.07) is 0. The van der Waals surface area contributed by atoms with Crippen molar-refractivity contribution in [2.75, 3.05) is 26.3 Å². The first kappa shape index (κ1) is 23.9. The average Bonchev–Trinajstić information content (AvgIpc) is 3.12. The van der Waals surface area contributed by atoms with Crippen molar-refractivity contribution >= 4 is 5.97 Å². The second-order valence-electron chi connectivity index (χ2n) is 8.04. The first-order chi connectivity index (χ1) is 15.2. The van der Waals surface area contributed by atoms with Gasteiger partial charge in [-0.15, -0.1) is 0 Å². The predicted molar refractivity (Wildman–Crippen MR) is 106 cm³/mol. The zero-order valence-electron chi connectivity index (χ0n) is 17.7. The third-order valence-electron chi connectivity index (χ3n) is 5.34. The van der Waals surface area contributed by atoms with Gasteiger partial charge in [0.15, 0.2) is 0 Å². The van der Waals surface area contributed by atoms with Gasteiger partial charge >= 0.3 is 12.1 Å². The van der Waals surface area contributed by atoms with Gasteiger partial charge in [0.25, 0.3) is 0 Å². The first-order valence-electron chi connectivity index (χ1n) is 10.2. The molecule has 1 unspecified atom stereocenters. The number of aromatic nitrogens is 4. The Morgan fingerprint density at radius 1 is 1.34 bits per heavy atom. The zero-order chi connectivity index (χ0) is 23.2. The van der Waals surface area contributed by atoms with Crippen LogP contribution in [0.3, 0.4) is 0 Å². The fourth-order valence-corrected chi connectivity index (χ4v) is 3.98. The number of alkyl halides is 3.